The van der Waals surface area contributed by atoms with Crippen molar-refractivity contribution < 1.29 is 9.18 Å². The van der Waals surface area contributed by atoms with Gasteiger partial charge in [-0.2, -0.15) is 0 Å². The Bertz CT molecular complexity index is 658. The van der Waals surface area contributed by atoms with E-state index in [-0.39, 0.29) is 5.02 Å². The summed E-state index contributed by atoms with van der Waals surface area (Å²) in [7, 11) is 0. The first kappa shape index (κ1) is 14.3. The van der Waals surface area contributed by atoms with Gasteiger partial charge in [0.15, 0.2) is 0 Å². The smallest absolute Gasteiger partial charge is 0.248 e. The monoisotopic (exact) mass is 292 g/mol. The summed E-state index contributed by atoms with van der Waals surface area (Å²) >= 11 is 5.73. The van der Waals surface area contributed by atoms with Gasteiger partial charge in [0.05, 0.1) is 5.02 Å². The molecule has 0 saturated heterocycles. The number of rotatable bonds is 4. The number of amides is 1. The molecule has 0 unspecified atom stereocenters. The number of carbonyl (C=O) groups excluding carboxylic acids is 1. The fourth-order valence-corrected chi connectivity index (χ4v) is 2.07. The summed E-state index contributed by atoms with van der Waals surface area (Å²) in [6, 6.07) is 9.76. The van der Waals surface area contributed by atoms with Gasteiger partial charge in [-0.3, -0.25) is 4.79 Å². The predicted molar refractivity (Wildman–Crippen MR) is 78.4 cm³/mol. The average Bonchev–Trinajstić information content (AvgIpc) is 2.41. The minimum Gasteiger partial charge on any atom is -0.381 e. The van der Waals surface area contributed by atoms with Gasteiger partial charge >= 0.3 is 0 Å². The van der Waals surface area contributed by atoms with Gasteiger partial charge < -0.3 is 11.1 Å². The molecule has 2 aromatic rings. The highest BCUT2D eigenvalue weighted by Gasteiger charge is 2.05. The van der Waals surface area contributed by atoms with Gasteiger partial charge in [-0.05, 0) is 48.4 Å². The van der Waals surface area contributed by atoms with Crippen LogP contribution in [0.4, 0.5) is 10.1 Å². The molecule has 0 aliphatic heterocycles. The van der Waals surface area contributed by atoms with E-state index in [4.69, 9.17) is 17.3 Å². The fourth-order valence-electron chi connectivity index (χ4n) is 1.86. The topological polar surface area (TPSA) is 55.1 Å². The largest absolute Gasteiger partial charge is 0.381 e. The van der Waals surface area contributed by atoms with Crippen LogP contribution >= 0.6 is 11.6 Å². The standard InChI is InChI=1S/C15H14ClFN2O/c1-9-6-11(15(18)20)3-5-14(9)19-8-10-2-4-13(17)12(16)7-10/h2-7,19H,8H2,1H3,(H2,18,20). The number of hydrogen-bond donors (Lipinski definition) is 2. The highest BCUT2D eigenvalue weighted by molar-refractivity contribution is 6.30. The molecule has 0 aliphatic rings. The molecule has 2 rings (SSSR count). The first-order chi connectivity index (χ1) is 9.47. The molecule has 5 heteroatoms. The van der Waals surface area contributed by atoms with Gasteiger partial charge in [0.25, 0.3) is 0 Å². The van der Waals surface area contributed by atoms with Crippen LogP contribution in [0.25, 0.3) is 0 Å². The van der Waals surface area contributed by atoms with Gasteiger partial charge in [0.2, 0.25) is 5.91 Å². The first-order valence-electron chi connectivity index (χ1n) is 6.05. The molecule has 0 heterocycles. The lowest BCUT2D eigenvalue weighted by molar-refractivity contribution is 0.1000. The van der Waals surface area contributed by atoms with E-state index in [1.54, 1.807) is 30.3 Å². The summed E-state index contributed by atoms with van der Waals surface area (Å²) in [6.07, 6.45) is 0. The van der Waals surface area contributed by atoms with Gasteiger partial charge in [-0.1, -0.05) is 17.7 Å². The number of carbonyl (C=O) groups is 1. The van der Waals surface area contributed by atoms with Crippen molar-refractivity contribution in [3.63, 3.8) is 0 Å². The Morgan fingerprint density at radius 1 is 1.30 bits per heavy atom. The highest BCUT2D eigenvalue weighted by Crippen LogP contribution is 2.19. The number of aryl methyl sites for hydroxylation is 1. The van der Waals surface area contributed by atoms with Crippen LogP contribution in [-0.4, -0.2) is 5.91 Å². The van der Waals surface area contributed by atoms with Crippen LogP contribution in [0.1, 0.15) is 21.5 Å². The van der Waals surface area contributed by atoms with Gasteiger partial charge in [-0.25, -0.2) is 4.39 Å². The number of hydrogen-bond acceptors (Lipinski definition) is 2. The molecule has 20 heavy (non-hydrogen) atoms. The zero-order valence-corrected chi connectivity index (χ0v) is 11.7. The first-order valence-corrected chi connectivity index (χ1v) is 6.43. The van der Waals surface area contributed by atoms with Crippen molar-refractivity contribution in [1.29, 1.82) is 0 Å². The summed E-state index contributed by atoms with van der Waals surface area (Å²) in [5, 5.41) is 3.31. The number of benzene rings is 2. The van der Waals surface area contributed by atoms with Crippen molar-refractivity contribution in [3.05, 3.63) is 63.9 Å². The van der Waals surface area contributed by atoms with E-state index in [2.05, 4.69) is 5.32 Å². The molecule has 0 fully saturated rings. The molecular weight excluding hydrogens is 279 g/mol. The molecule has 2 aromatic carbocycles. The van der Waals surface area contributed by atoms with Crippen LogP contribution in [-0.2, 0) is 6.54 Å². The Labute approximate surface area is 121 Å². The molecule has 0 atom stereocenters. The predicted octanol–water partition coefficient (Wildman–Crippen LogP) is 3.50. The number of nitrogens with two attached hydrogens (primary N) is 1. The van der Waals surface area contributed by atoms with Crippen LogP contribution in [0.3, 0.4) is 0 Å². The Balaban J connectivity index is 2.10. The lowest BCUT2D eigenvalue weighted by atomic mass is 10.1. The molecule has 3 nitrogen and oxygen atoms in total. The summed E-state index contributed by atoms with van der Waals surface area (Å²) in [5.74, 6) is -0.887. The number of anilines is 1. The molecule has 3 N–H and O–H groups in total. The molecule has 0 aliphatic carbocycles. The molecular formula is C15H14ClFN2O. The highest BCUT2D eigenvalue weighted by atomic mass is 35.5. The Hall–Kier alpha value is -2.07. The summed E-state index contributed by atoms with van der Waals surface area (Å²) in [5.41, 5.74) is 8.36. The summed E-state index contributed by atoms with van der Waals surface area (Å²) in [4.78, 5) is 11.1. The SMILES string of the molecule is Cc1cc(C(N)=O)ccc1NCc1ccc(F)c(Cl)c1. The number of halogens is 2. The van der Waals surface area contributed by atoms with E-state index in [0.29, 0.717) is 12.1 Å². The summed E-state index contributed by atoms with van der Waals surface area (Å²) in [6.45, 7) is 2.39. The average molecular weight is 293 g/mol. The van der Waals surface area contributed by atoms with Crippen molar-refractivity contribution in [3.8, 4) is 0 Å². The van der Waals surface area contributed by atoms with E-state index in [0.717, 1.165) is 16.8 Å². The fraction of sp³-hybridized carbons (Fsp3) is 0.133. The van der Waals surface area contributed by atoms with E-state index >= 15 is 0 Å². The minimum absolute atomic E-state index is 0.102. The van der Waals surface area contributed by atoms with E-state index in [9.17, 15) is 9.18 Å². The van der Waals surface area contributed by atoms with Crippen LogP contribution < -0.4 is 11.1 Å². The molecule has 0 saturated carbocycles. The third kappa shape index (κ3) is 3.27. The Morgan fingerprint density at radius 3 is 2.65 bits per heavy atom. The van der Waals surface area contributed by atoms with E-state index in [1.807, 2.05) is 6.92 Å². The zero-order chi connectivity index (χ0) is 14.7. The van der Waals surface area contributed by atoms with Gasteiger partial charge in [0, 0.05) is 17.8 Å². The van der Waals surface area contributed by atoms with Crippen molar-refractivity contribution in [1.82, 2.24) is 0 Å². The molecule has 0 spiro atoms. The van der Waals surface area contributed by atoms with Crippen molar-refractivity contribution in [2.45, 2.75) is 13.5 Å². The number of primary amides is 1. The molecule has 1 amide bonds. The maximum absolute atomic E-state index is 13.1. The van der Waals surface area contributed by atoms with Crippen LogP contribution in [0.15, 0.2) is 36.4 Å². The van der Waals surface area contributed by atoms with E-state index < -0.39 is 11.7 Å². The lowest BCUT2D eigenvalue weighted by Gasteiger charge is -2.11. The molecule has 104 valence electrons. The Morgan fingerprint density at radius 2 is 2.05 bits per heavy atom. The van der Waals surface area contributed by atoms with Crippen LogP contribution in [0.2, 0.25) is 5.02 Å². The van der Waals surface area contributed by atoms with Gasteiger partial charge in [-0.15, -0.1) is 0 Å². The molecule has 0 bridgehead atoms. The lowest BCUT2D eigenvalue weighted by Crippen LogP contribution is -2.11. The minimum atomic E-state index is -0.454. The van der Waals surface area contributed by atoms with Crippen LogP contribution in [0.5, 0.6) is 0 Å². The second kappa shape index (κ2) is 5.92. The molecule has 0 aromatic heterocycles. The van der Waals surface area contributed by atoms with Crippen molar-refractivity contribution in [2.75, 3.05) is 5.32 Å². The Kier molecular flexibility index (Phi) is 4.25. The van der Waals surface area contributed by atoms with Crippen molar-refractivity contribution in [2.24, 2.45) is 5.73 Å². The van der Waals surface area contributed by atoms with E-state index in [1.165, 1.54) is 6.07 Å². The maximum Gasteiger partial charge on any atom is 0.248 e. The second-order valence-electron chi connectivity index (χ2n) is 4.50. The zero-order valence-electron chi connectivity index (χ0n) is 10.9. The number of nitrogens with one attached hydrogen (secondary N) is 1. The van der Waals surface area contributed by atoms with Gasteiger partial charge in [0.1, 0.15) is 5.82 Å². The second-order valence-corrected chi connectivity index (χ2v) is 4.90. The molecule has 0 radical (unpaired) electrons. The normalized spacial score (nSPS) is 10.3. The van der Waals surface area contributed by atoms with Crippen molar-refractivity contribution >= 4 is 23.2 Å². The van der Waals surface area contributed by atoms with Crippen LogP contribution in [0, 0.1) is 12.7 Å². The quantitative estimate of drug-likeness (QED) is 0.906. The third-order valence-electron chi connectivity index (χ3n) is 2.98. The maximum atomic E-state index is 13.1. The summed E-state index contributed by atoms with van der Waals surface area (Å²) < 4.78 is 13.1. The third-order valence-corrected chi connectivity index (χ3v) is 3.27.